The minimum absolute atomic E-state index is 0.0216. The van der Waals surface area contributed by atoms with Gasteiger partial charge in [0.1, 0.15) is 5.82 Å². The second-order valence-corrected chi connectivity index (χ2v) is 4.49. The number of anilines is 1. The molecule has 5 nitrogen and oxygen atoms in total. The first-order valence-electron chi connectivity index (χ1n) is 5.73. The van der Waals surface area contributed by atoms with Gasteiger partial charge in [-0.2, -0.15) is 0 Å². The summed E-state index contributed by atoms with van der Waals surface area (Å²) in [5.74, 6) is 1.06. The number of carbonyl (C=O) groups excluding carboxylic acids is 1. The van der Waals surface area contributed by atoms with Crippen molar-refractivity contribution in [2.45, 2.75) is 19.3 Å². The van der Waals surface area contributed by atoms with Gasteiger partial charge in [0.2, 0.25) is 11.2 Å². The number of amides is 1. The molecule has 17 heavy (non-hydrogen) atoms. The smallest absolute Gasteiger partial charge is 0.225 e. The first kappa shape index (κ1) is 12.3. The molecule has 6 heteroatoms. The van der Waals surface area contributed by atoms with Crippen molar-refractivity contribution in [3.8, 4) is 0 Å². The SMILES string of the molecule is O=C(CCC1CCNC1)Nc1ccnc(Cl)n1. The third kappa shape index (κ3) is 3.94. The molecule has 0 aromatic carbocycles. The monoisotopic (exact) mass is 254 g/mol. The highest BCUT2D eigenvalue weighted by molar-refractivity contribution is 6.28. The first-order valence-corrected chi connectivity index (χ1v) is 6.11. The zero-order chi connectivity index (χ0) is 12.1. The summed E-state index contributed by atoms with van der Waals surface area (Å²) < 4.78 is 0. The lowest BCUT2D eigenvalue weighted by molar-refractivity contribution is -0.116. The van der Waals surface area contributed by atoms with E-state index in [0.717, 1.165) is 25.9 Å². The highest BCUT2D eigenvalue weighted by Gasteiger charge is 2.15. The van der Waals surface area contributed by atoms with Crippen LogP contribution in [-0.4, -0.2) is 29.0 Å². The van der Waals surface area contributed by atoms with Crippen molar-refractivity contribution in [2.24, 2.45) is 5.92 Å². The molecule has 1 aliphatic heterocycles. The molecule has 1 unspecified atom stereocenters. The van der Waals surface area contributed by atoms with Crippen molar-refractivity contribution in [1.29, 1.82) is 0 Å². The third-order valence-corrected chi connectivity index (χ3v) is 3.02. The van der Waals surface area contributed by atoms with Gasteiger partial charge in [-0.15, -0.1) is 0 Å². The Morgan fingerprint density at radius 3 is 3.24 bits per heavy atom. The second-order valence-electron chi connectivity index (χ2n) is 4.16. The maximum absolute atomic E-state index is 11.6. The van der Waals surface area contributed by atoms with E-state index in [1.54, 1.807) is 6.07 Å². The van der Waals surface area contributed by atoms with Crippen LogP contribution in [0.1, 0.15) is 19.3 Å². The van der Waals surface area contributed by atoms with E-state index in [1.165, 1.54) is 6.20 Å². The van der Waals surface area contributed by atoms with Gasteiger partial charge >= 0.3 is 0 Å². The molecule has 2 N–H and O–H groups in total. The molecule has 1 atom stereocenters. The van der Waals surface area contributed by atoms with Gasteiger partial charge in [-0.1, -0.05) is 0 Å². The number of hydrogen-bond acceptors (Lipinski definition) is 4. The average Bonchev–Trinajstić information content (AvgIpc) is 2.79. The lowest BCUT2D eigenvalue weighted by Gasteiger charge is -2.08. The fourth-order valence-corrected chi connectivity index (χ4v) is 2.05. The van der Waals surface area contributed by atoms with Crippen LogP contribution in [0.25, 0.3) is 0 Å². The lowest BCUT2D eigenvalue weighted by atomic mass is 10.0. The van der Waals surface area contributed by atoms with Gasteiger partial charge in [0, 0.05) is 12.6 Å². The molecular weight excluding hydrogens is 240 g/mol. The summed E-state index contributed by atoms with van der Waals surface area (Å²) in [6.07, 6.45) is 4.12. The summed E-state index contributed by atoms with van der Waals surface area (Å²) in [5, 5.41) is 6.14. The van der Waals surface area contributed by atoms with Crippen molar-refractivity contribution in [1.82, 2.24) is 15.3 Å². The van der Waals surface area contributed by atoms with Crippen LogP contribution in [0.5, 0.6) is 0 Å². The second kappa shape index (κ2) is 5.93. The Bertz CT molecular complexity index is 393. The van der Waals surface area contributed by atoms with Crippen LogP contribution in [-0.2, 0) is 4.79 Å². The van der Waals surface area contributed by atoms with Gasteiger partial charge in [0.25, 0.3) is 0 Å². The molecule has 1 aromatic rings. The molecule has 2 heterocycles. The maximum atomic E-state index is 11.6. The van der Waals surface area contributed by atoms with E-state index in [2.05, 4.69) is 20.6 Å². The molecule has 1 saturated heterocycles. The molecular formula is C11H15ClN4O. The fraction of sp³-hybridized carbons (Fsp3) is 0.545. The van der Waals surface area contributed by atoms with E-state index in [9.17, 15) is 4.79 Å². The highest BCUT2D eigenvalue weighted by atomic mass is 35.5. The van der Waals surface area contributed by atoms with E-state index >= 15 is 0 Å². The molecule has 1 aliphatic rings. The van der Waals surface area contributed by atoms with Crippen LogP contribution in [0.15, 0.2) is 12.3 Å². The van der Waals surface area contributed by atoms with Crippen LogP contribution < -0.4 is 10.6 Å². The Hall–Kier alpha value is -1.20. The van der Waals surface area contributed by atoms with Gasteiger partial charge in [-0.25, -0.2) is 9.97 Å². The van der Waals surface area contributed by atoms with Crippen molar-refractivity contribution < 1.29 is 4.79 Å². The number of carbonyl (C=O) groups is 1. The number of aromatic nitrogens is 2. The first-order chi connectivity index (χ1) is 8.24. The number of hydrogen-bond donors (Lipinski definition) is 2. The minimum Gasteiger partial charge on any atom is -0.316 e. The summed E-state index contributed by atoms with van der Waals surface area (Å²) in [7, 11) is 0. The third-order valence-electron chi connectivity index (χ3n) is 2.84. The van der Waals surface area contributed by atoms with Crippen molar-refractivity contribution in [2.75, 3.05) is 18.4 Å². The Morgan fingerprint density at radius 1 is 1.65 bits per heavy atom. The Kier molecular flexibility index (Phi) is 4.28. The van der Waals surface area contributed by atoms with Crippen LogP contribution >= 0.6 is 11.6 Å². The van der Waals surface area contributed by atoms with Gasteiger partial charge < -0.3 is 10.6 Å². The molecule has 1 aromatic heterocycles. The zero-order valence-corrected chi connectivity index (χ0v) is 10.2. The largest absolute Gasteiger partial charge is 0.316 e. The summed E-state index contributed by atoms with van der Waals surface area (Å²) in [6, 6.07) is 1.63. The normalized spacial score (nSPS) is 19.2. The average molecular weight is 255 g/mol. The summed E-state index contributed by atoms with van der Waals surface area (Å²) >= 11 is 5.63. The van der Waals surface area contributed by atoms with E-state index < -0.39 is 0 Å². The van der Waals surface area contributed by atoms with Gasteiger partial charge in [0.15, 0.2) is 0 Å². The molecule has 0 spiro atoms. The van der Waals surface area contributed by atoms with Gasteiger partial charge in [-0.05, 0) is 49.5 Å². The lowest BCUT2D eigenvalue weighted by Crippen LogP contribution is -2.15. The zero-order valence-electron chi connectivity index (χ0n) is 9.45. The molecule has 0 bridgehead atoms. The summed E-state index contributed by atoms with van der Waals surface area (Å²) in [5.41, 5.74) is 0. The van der Waals surface area contributed by atoms with E-state index in [0.29, 0.717) is 18.2 Å². The van der Waals surface area contributed by atoms with Gasteiger partial charge in [0.05, 0.1) is 0 Å². The summed E-state index contributed by atoms with van der Waals surface area (Å²) in [6.45, 7) is 2.08. The standard InChI is InChI=1S/C11H15ClN4O/c12-11-14-6-4-9(16-11)15-10(17)2-1-8-3-5-13-7-8/h4,6,8,13H,1-3,5,7H2,(H,14,15,16,17). The topological polar surface area (TPSA) is 66.9 Å². The summed E-state index contributed by atoms with van der Waals surface area (Å²) in [4.78, 5) is 19.3. The Balaban J connectivity index is 1.76. The molecule has 0 aliphatic carbocycles. The molecule has 1 amide bonds. The van der Waals surface area contributed by atoms with E-state index in [1.807, 2.05) is 0 Å². The van der Waals surface area contributed by atoms with Gasteiger partial charge in [-0.3, -0.25) is 4.79 Å². The highest BCUT2D eigenvalue weighted by Crippen LogP contribution is 2.15. The molecule has 92 valence electrons. The minimum atomic E-state index is -0.0216. The van der Waals surface area contributed by atoms with E-state index in [4.69, 9.17) is 11.6 Å². The molecule has 0 saturated carbocycles. The van der Waals surface area contributed by atoms with Crippen molar-refractivity contribution in [3.05, 3.63) is 17.5 Å². The quantitative estimate of drug-likeness (QED) is 0.799. The Labute approximate surface area is 105 Å². The number of halogens is 1. The van der Waals surface area contributed by atoms with Crippen LogP contribution in [0.3, 0.4) is 0 Å². The number of nitrogens with one attached hydrogen (secondary N) is 2. The van der Waals surface area contributed by atoms with Crippen molar-refractivity contribution >= 4 is 23.3 Å². The van der Waals surface area contributed by atoms with Crippen LogP contribution in [0, 0.1) is 5.92 Å². The van der Waals surface area contributed by atoms with Crippen molar-refractivity contribution in [3.63, 3.8) is 0 Å². The van der Waals surface area contributed by atoms with Crippen LogP contribution in [0.4, 0.5) is 5.82 Å². The number of nitrogens with zero attached hydrogens (tertiary/aromatic N) is 2. The van der Waals surface area contributed by atoms with E-state index in [-0.39, 0.29) is 11.2 Å². The predicted octanol–water partition coefficient (Wildman–Crippen LogP) is 1.46. The molecule has 2 rings (SSSR count). The molecule has 1 fully saturated rings. The Morgan fingerprint density at radius 2 is 2.53 bits per heavy atom. The fourth-order valence-electron chi connectivity index (χ4n) is 1.91. The number of rotatable bonds is 4. The van der Waals surface area contributed by atoms with Crippen LogP contribution in [0.2, 0.25) is 5.28 Å². The molecule has 0 radical (unpaired) electrons. The predicted molar refractivity (Wildman–Crippen MR) is 65.9 cm³/mol. The maximum Gasteiger partial charge on any atom is 0.225 e.